The molecule has 1 saturated heterocycles. The first-order valence-electron chi connectivity index (χ1n) is 10.3. The number of nitrogens with one attached hydrogen (secondary N) is 2. The van der Waals surface area contributed by atoms with E-state index in [1.165, 1.54) is 0 Å². The number of anilines is 1. The summed E-state index contributed by atoms with van der Waals surface area (Å²) in [5.74, 6) is -2.37. The van der Waals surface area contributed by atoms with Crippen molar-refractivity contribution in [3.8, 4) is 11.5 Å². The first-order valence-corrected chi connectivity index (χ1v) is 10.3. The van der Waals surface area contributed by atoms with Crippen molar-refractivity contribution < 1.29 is 27.8 Å². The molecule has 2 aliphatic rings. The zero-order chi connectivity index (χ0) is 22.7. The van der Waals surface area contributed by atoms with Crippen molar-refractivity contribution in [2.45, 2.75) is 6.04 Å². The van der Waals surface area contributed by atoms with E-state index in [-0.39, 0.29) is 25.1 Å². The standard InChI is InChI=1S/C22H24F2N4O4/c1-27-6-8-28(9-7-27)18(14-2-5-19-20(10-14)32-13-31-19)12-25-21(29)22(30)26-17-4-3-15(23)11-16(17)24/h2-5,10-11,18H,6-9,12-13H2,1H3,(H,25,29)(H,26,30)/t18-/m1/s1. The molecule has 32 heavy (non-hydrogen) atoms. The highest BCUT2D eigenvalue weighted by Gasteiger charge is 2.27. The van der Waals surface area contributed by atoms with Gasteiger partial charge in [0.05, 0.1) is 11.7 Å². The van der Waals surface area contributed by atoms with Crippen molar-refractivity contribution >= 4 is 17.5 Å². The Morgan fingerprint density at radius 3 is 2.50 bits per heavy atom. The van der Waals surface area contributed by atoms with Crippen molar-refractivity contribution in [3.05, 3.63) is 53.6 Å². The summed E-state index contributed by atoms with van der Waals surface area (Å²) in [4.78, 5) is 29.1. The molecule has 10 heteroatoms. The molecule has 0 saturated carbocycles. The molecule has 170 valence electrons. The lowest BCUT2D eigenvalue weighted by Crippen LogP contribution is -2.49. The van der Waals surface area contributed by atoms with E-state index in [1.54, 1.807) is 0 Å². The maximum absolute atomic E-state index is 13.8. The summed E-state index contributed by atoms with van der Waals surface area (Å²) in [5.41, 5.74) is 0.655. The number of likely N-dealkylation sites (N-methyl/N-ethyl adjacent to an activating group) is 1. The highest BCUT2D eigenvalue weighted by Crippen LogP contribution is 2.35. The number of benzene rings is 2. The van der Waals surface area contributed by atoms with Crippen LogP contribution in [0.15, 0.2) is 36.4 Å². The largest absolute Gasteiger partial charge is 0.454 e. The minimum absolute atomic E-state index is 0.162. The van der Waals surface area contributed by atoms with Gasteiger partial charge in [0, 0.05) is 38.8 Å². The number of amides is 2. The summed E-state index contributed by atoms with van der Waals surface area (Å²) in [6, 6.07) is 8.12. The first-order chi connectivity index (χ1) is 15.4. The Hall–Kier alpha value is -3.24. The highest BCUT2D eigenvalue weighted by molar-refractivity contribution is 6.39. The zero-order valence-electron chi connectivity index (χ0n) is 17.6. The summed E-state index contributed by atoms with van der Waals surface area (Å²) in [7, 11) is 2.05. The molecule has 4 rings (SSSR count). The van der Waals surface area contributed by atoms with Crippen LogP contribution in [0, 0.1) is 11.6 Å². The van der Waals surface area contributed by atoms with E-state index in [1.807, 2.05) is 25.2 Å². The Morgan fingerprint density at radius 1 is 1.00 bits per heavy atom. The van der Waals surface area contributed by atoms with Crippen molar-refractivity contribution in [3.63, 3.8) is 0 Å². The highest BCUT2D eigenvalue weighted by atomic mass is 19.1. The van der Waals surface area contributed by atoms with Crippen molar-refractivity contribution in [2.24, 2.45) is 0 Å². The van der Waals surface area contributed by atoms with Gasteiger partial charge in [-0.1, -0.05) is 6.07 Å². The van der Waals surface area contributed by atoms with E-state index in [2.05, 4.69) is 20.4 Å². The topological polar surface area (TPSA) is 83.1 Å². The molecule has 1 fully saturated rings. The molecule has 0 spiro atoms. The fourth-order valence-corrected chi connectivity index (χ4v) is 3.75. The number of hydrogen-bond acceptors (Lipinski definition) is 6. The predicted octanol–water partition coefficient (Wildman–Crippen LogP) is 1.74. The van der Waals surface area contributed by atoms with Crippen LogP contribution >= 0.6 is 0 Å². The molecule has 0 unspecified atom stereocenters. The van der Waals surface area contributed by atoms with E-state index in [9.17, 15) is 18.4 Å². The van der Waals surface area contributed by atoms with Gasteiger partial charge >= 0.3 is 11.8 Å². The molecule has 0 aliphatic carbocycles. The van der Waals surface area contributed by atoms with Crippen LogP contribution in [-0.4, -0.2) is 68.2 Å². The van der Waals surface area contributed by atoms with Crippen LogP contribution < -0.4 is 20.1 Å². The minimum atomic E-state index is -1.03. The van der Waals surface area contributed by atoms with E-state index in [0.717, 1.165) is 43.9 Å². The number of nitrogens with zero attached hydrogens (tertiary/aromatic N) is 2. The SMILES string of the molecule is CN1CCN([C@H](CNC(=O)C(=O)Nc2ccc(F)cc2F)c2ccc3c(c2)OCO3)CC1. The third-order valence-corrected chi connectivity index (χ3v) is 5.60. The fourth-order valence-electron chi connectivity index (χ4n) is 3.75. The second-order valence-corrected chi connectivity index (χ2v) is 7.76. The smallest absolute Gasteiger partial charge is 0.313 e. The van der Waals surface area contributed by atoms with Crippen molar-refractivity contribution in [1.29, 1.82) is 0 Å². The Balaban J connectivity index is 1.44. The number of rotatable bonds is 5. The lowest BCUT2D eigenvalue weighted by atomic mass is 10.0. The zero-order valence-corrected chi connectivity index (χ0v) is 17.6. The molecular formula is C22H24F2N4O4. The predicted molar refractivity (Wildman–Crippen MR) is 112 cm³/mol. The van der Waals surface area contributed by atoms with Gasteiger partial charge in [-0.3, -0.25) is 14.5 Å². The maximum Gasteiger partial charge on any atom is 0.313 e. The van der Waals surface area contributed by atoms with E-state index in [0.29, 0.717) is 17.6 Å². The molecule has 0 aromatic heterocycles. The number of ether oxygens (including phenoxy) is 2. The molecule has 0 radical (unpaired) electrons. The van der Waals surface area contributed by atoms with Gasteiger partial charge in [-0.2, -0.15) is 0 Å². The molecule has 8 nitrogen and oxygen atoms in total. The average molecular weight is 446 g/mol. The number of piperazine rings is 1. The average Bonchev–Trinajstić information content (AvgIpc) is 3.25. The van der Waals surface area contributed by atoms with Crippen LogP contribution in [0.5, 0.6) is 11.5 Å². The summed E-state index contributed by atoms with van der Waals surface area (Å²) < 4.78 is 37.7. The van der Waals surface area contributed by atoms with E-state index >= 15 is 0 Å². The van der Waals surface area contributed by atoms with Crippen molar-refractivity contribution in [2.75, 3.05) is 51.9 Å². The van der Waals surface area contributed by atoms with Gasteiger partial charge in [0.1, 0.15) is 11.6 Å². The molecule has 0 bridgehead atoms. The molecule has 2 heterocycles. The monoisotopic (exact) mass is 446 g/mol. The minimum Gasteiger partial charge on any atom is -0.454 e. The Labute approximate surface area is 184 Å². The number of halogens is 2. The number of carbonyl (C=O) groups excluding carboxylic acids is 2. The van der Waals surface area contributed by atoms with Gasteiger partial charge in [0.15, 0.2) is 11.5 Å². The summed E-state index contributed by atoms with van der Waals surface area (Å²) in [5, 5.41) is 4.80. The second kappa shape index (κ2) is 9.49. The lowest BCUT2D eigenvalue weighted by Gasteiger charge is -2.38. The summed E-state index contributed by atoms with van der Waals surface area (Å²) in [6.45, 7) is 3.66. The molecule has 2 aromatic rings. The maximum atomic E-state index is 13.8. The third kappa shape index (κ3) is 4.97. The lowest BCUT2D eigenvalue weighted by molar-refractivity contribution is -0.136. The molecule has 2 aromatic carbocycles. The second-order valence-electron chi connectivity index (χ2n) is 7.76. The number of carbonyl (C=O) groups is 2. The molecule has 2 aliphatic heterocycles. The van der Waals surface area contributed by atoms with Gasteiger partial charge in [0.25, 0.3) is 0 Å². The Morgan fingerprint density at radius 2 is 1.75 bits per heavy atom. The van der Waals surface area contributed by atoms with Crippen LogP contribution in [0.25, 0.3) is 0 Å². The van der Waals surface area contributed by atoms with Gasteiger partial charge in [-0.05, 0) is 36.9 Å². The molecule has 2 amide bonds. The van der Waals surface area contributed by atoms with Gasteiger partial charge in [0.2, 0.25) is 6.79 Å². The van der Waals surface area contributed by atoms with Gasteiger partial charge in [-0.15, -0.1) is 0 Å². The van der Waals surface area contributed by atoms with Gasteiger partial charge < -0.3 is 25.0 Å². The Bertz CT molecular complexity index is 1010. The van der Waals surface area contributed by atoms with Gasteiger partial charge in [-0.25, -0.2) is 8.78 Å². The van der Waals surface area contributed by atoms with Crippen LogP contribution in [-0.2, 0) is 9.59 Å². The van der Waals surface area contributed by atoms with Crippen LogP contribution in [0.3, 0.4) is 0 Å². The van der Waals surface area contributed by atoms with Crippen molar-refractivity contribution in [1.82, 2.24) is 15.1 Å². The van der Waals surface area contributed by atoms with Crippen LogP contribution in [0.2, 0.25) is 0 Å². The normalized spacial score (nSPS) is 17.1. The molecular weight excluding hydrogens is 422 g/mol. The molecule has 2 N–H and O–H groups in total. The van der Waals surface area contributed by atoms with E-state index in [4.69, 9.17) is 9.47 Å². The number of hydrogen-bond donors (Lipinski definition) is 2. The summed E-state index contributed by atoms with van der Waals surface area (Å²) >= 11 is 0. The molecule has 1 atom stereocenters. The Kier molecular flexibility index (Phi) is 6.52. The van der Waals surface area contributed by atoms with Crippen LogP contribution in [0.4, 0.5) is 14.5 Å². The third-order valence-electron chi connectivity index (χ3n) is 5.60. The quantitative estimate of drug-likeness (QED) is 0.681. The summed E-state index contributed by atoms with van der Waals surface area (Å²) in [6.07, 6.45) is 0. The van der Waals surface area contributed by atoms with Crippen LogP contribution in [0.1, 0.15) is 11.6 Å². The fraction of sp³-hybridized carbons (Fsp3) is 0.364. The number of fused-ring (bicyclic) bond motifs is 1. The van der Waals surface area contributed by atoms with E-state index < -0.39 is 23.4 Å². The first kappa shape index (κ1) is 22.0.